The number of halogens is 1. The maximum absolute atomic E-state index is 15.2. The van der Waals surface area contributed by atoms with Gasteiger partial charge in [0.1, 0.15) is 11.3 Å². The molecule has 0 bridgehead atoms. The van der Waals surface area contributed by atoms with Crippen LogP contribution in [0.3, 0.4) is 0 Å². The van der Waals surface area contributed by atoms with Gasteiger partial charge in [-0.25, -0.2) is 14.4 Å². The minimum absolute atomic E-state index is 0.0240. The van der Waals surface area contributed by atoms with Crippen molar-refractivity contribution < 1.29 is 18.4 Å². The monoisotopic (exact) mass is 525 g/mol. The van der Waals surface area contributed by atoms with Crippen LogP contribution >= 0.6 is 0 Å². The summed E-state index contributed by atoms with van der Waals surface area (Å²) >= 11 is 0. The van der Waals surface area contributed by atoms with Crippen molar-refractivity contribution in [3.63, 3.8) is 0 Å². The van der Waals surface area contributed by atoms with Crippen LogP contribution in [0, 0.1) is 5.82 Å². The van der Waals surface area contributed by atoms with Gasteiger partial charge in [0.25, 0.3) is 5.89 Å². The number of benzene rings is 2. The zero-order valence-corrected chi connectivity index (χ0v) is 20.8. The number of aromatic amines is 1. The van der Waals surface area contributed by atoms with Crippen LogP contribution in [0.4, 0.5) is 10.2 Å². The fourth-order valence-corrected chi connectivity index (χ4v) is 4.81. The molecule has 3 N–H and O–H groups in total. The number of nitrogens with zero attached hydrogens (tertiary/aromatic N) is 4. The summed E-state index contributed by atoms with van der Waals surface area (Å²) in [4.78, 5) is 34.9. The third-order valence-corrected chi connectivity index (χ3v) is 6.75. The number of fused-ring (bicyclic) bond motifs is 2. The Hall–Kier alpha value is -5.06. The number of nitrogens with one attached hydrogen (secondary N) is 3. The minimum Gasteiger partial charge on any atom is -0.432 e. The highest BCUT2D eigenvalue weighted by Crippen LogP contribution is 2.35. The topological polar surface area (TPSA) is 129 Å². The quantitative estimate of drug-likeness (QED) is 0.276. The molecule has 5 aromatic rings. The second-order valence-corrected chi connectivity index (χ2v) is 9.25. The lowest BCUT2D eigenvalue weighted by molar-refractivity contribution is -0.117. The van der Waals surface area contributed by atoms with Crippen molar-refractivity contribution in [2.24, 2.45) is 0 Å². The van der Waals surface area contributed by atoms with Crippen LogP contribution < -0.4 is 15.5 Å². The molecule has 2 amide bonds. The first-order valence-electron chi connectivity index (χ1n) is 12.4. The molecular formula is C28H24FN7O3. The predicted octanol–water partition coefficient (Wildman–Crippen LogP) is 3.72. The van der Waals surface area contributed by atoms with E-state index in [-0.39, 0.29) is 24.4 Å². The molecule has 1 aliphatic rings. The molecule has 0 spiro atoms. The summed E-state index contributed by atoms with van der Waals surface area (Å²) in [6.07, 6.45) is 3.67. The van der Waals surface area contributed by atoms with Gasteiger partial charge in [0.05, 0.1) is 5.39 Å². The number of hydrogen-bond acceptors (Lipinski definition) is 7. The molecule has 3 aromatic heterocycles. The van der Waals surface area contributed by atoms with Gasteiger partial charge in [-0.15, -0.1) is 0 Å². The number of hydrogen-bond donors (Lipinski definition) is 3. The Morgan fingerprint density at radius 2 is 2.10 bits per heavy atom. The summed E-state index contributed by atoms with van der Waals surface area (Å²) in [5, 5.41) is 13.8. The van der Waals surface area contributed by atoms with Gasteiger partial charge in [-0.2, -0.15) is 5.10 Å². The number of carbonyl (C=O) groups excluding carboxylic acids is 2. The van der Waals surface area contributed by atoms with Crippen molar-refractivity contribution >= 4 is 39.8 Å². The number of aromatic nitrogens is 4. The van der Waals surface area contributed by atoms with Crippen molar-refractivity contribution in [2.75, 3.05) is 18.0 Å². The van der Waals surface area contributed by atoms with Gasteiger partial charge in [0, 0.05) is 37.4 Å². The van der Waals surface area contributed by atoms with Crippen molar-refractivity contribution in [1.29, 1.82) is 0 Å². The van der Waals surface area contributed by atoms with Crippen LogP contribution in [0.25, 0.3) is 33.3 Å². The molecule has 2 aromatic carbocycles. The smallest absolute Gasteiger partial charge is 0.307 e. The number of pyridine rings is 1. The number of para-hydroxylation sites is 2. The Morgan fingerprint density at radius 3 is 2.92 bits per heavy atom. The van der Waals surface area contributed by atoms with Crippen LogP contribution in [-0.2, 0) is 11.3 Å². The summed E-state index contributed by atoms with van der Waals surface area (Å²) < 4.78 is 20.7. The van der Waals surface area contributed by atoms with Crippen LogP contribution in [-0.4, -0.2) is 51.1 Å². The zero-order valence-electron chi connectivity index (χ0n) is 20.8. The Labute approximate surface area is 221 Å². The van der Waals surface area contributed by atoms with E-state index in [9.17, 15) is 9.59 Å². The highest BCUT2D eigenvalue weighted by Gasteiger charge is 2.27. The fraction of sp³-hybridized carbons (Fsp3) is 0.179. The van der Waals surface area contributed by atoms with E-state index in [0.29, 0.717) is 46.8 Å². The molecule has 0 radical (unpaired) electrons. The summed E-state index contributed by atoms with van der Waals surface area (Å²) in [5.41, 5.74) is 3.39. The lowest BCUT2D eigenvalue weighted by Gasteiger charge is -2.17. The summed E-state index contributed by atoms with van der Waals surface area (Å²) in [6, 6.07) is 13.7. The second kappa shape index (κ2) is 10.0. The maximum Gasteiger partial charge on any atom is 0.307 e. The van der Waals surface area contributed by atoms with E-state index in [1.807, 2.05) is 6.07 Å². The molecule has 6 rings (SSSR count). The van der Waals surface area contributed by atoms with Gasteiger partial charge in [-0.05, 0) is 47.9 Å². The largest absolute Gasteiger partial charge is 0.432 e. The SMILES string of the molecule is C=CC(=O)N[C@@H]1CCN(c2n[nH]c3nccc(-c4ccc(CNC(=O)c5nc6ccccc6o5)c(F)c4)c23)C1. The number of carbonyl (C=O) groups is 2. The number of H-pyrrole nitrogens is 1. The van der Waals surface area contributed by atoms with Gasteiger partial charge < -0.3 is 20.0 Å². The Morgan fingerprint density at radius 1 is 1.23 bits per heavy atom. The molecule has 4 heterocycles. The molecule has 39 heavy (non-hydrogen) atoms. The number of oxazole rings is 1. The van der Waals surface area contributed by atoms with Crippen LogP contribution in [0.15, 0.2) is 71.8 Å². The third-order valence-electron chi connectivity index (χ3n) is 6.75. The van der Waals surface area contributed by atoms with E-state index in [1.54, 1.807) is 42.6 Å². The average molecular weight is 526 g/mol. The van der Waals surface area contributed by atoms with Crippen LogP contribution in [0.1, 0.15) is 22.7 Å². The van der Waals surface area contributed by atoms with Crippen LogP contribution in [0.5, 0.6) is 0 Å². The van der Waals surface area contributed by atoms with Crippen molar-refractivity contribution in [2.45, 2.75) is 19.0 Å². The summed E-state index contributed by atoms with van der Waals surface area (Å²) in [7, 11) is 0. The van der Waals surface area contributed by atoms with Crippen LogP contribution in [0.2, 0.25) is 0 Å². The first-order valence-corrected chi connectivity index (χ1v) is 12.4. The Bertz CT molecular complexity index is 1690. The van der Waals surface area contributed by atoms with E-state index in [0.717, 1.165) is 17.4 Å². The van der Waals surface area contributed by atoms with Gasteiger partial charge >= 0.3 is 5.91 Å². The number of anilines is 1. The van der Waals surface area contributed by atoms with E-state index < -0.39 is 11.7 Å². The molecule has 0 saturated carbocycles. The molecule has 1 saturated heterocycles. The molecule has 0 unspecified atom stereocenters. The van der Waals surface area contributed by atoms with E-state index in [2.05, 4.69) is 42.3 Å². The predicted molar refractivity (Wildman–Crippen MR) is 143 cm³/mol. The first-order chi connectivity index (χ1) is 19.0. The van der Waals surface area contributed by atoms with E-state index >= 15 is 4.39 Å². The second-order valence-electron chi connectivity index (χ2n) is 9.25. The maximum atomic E-state index is 15.2. The number of amides is 2. The zero-order chi connectivity index (χ0) is 26.9. The normalized spacial score (nSPS) is 15.1. The highest BCUT2D eigenvalue weighted by atomic mass is 19.1. The summed E-state index contributed by atoms with van der Waals surface area (Å²) in [6.45, 7) is 4.76. The van der Waals surface area contributed by atoms with Crippen molar-refractivity contribution in [3.8, 4) is 11.1 Å². The fourth-order valence-electron chi connectivity index (χ4n) is 4.81. The van der Waals surface area contributed by atoms with Gasteiger partial charge in [0.2, 0.25) is 5.91 Å². The average Bonchev–Trinajstić information content (AvgIpc) is 3.70. The van der Waals surface area contributed by atoms with Gasteiger partial charge in [0.15, 0.2) is 17.0 Å². The molecule has 196 valence electrons. The van der Waals surface area contributed by atoms with Gasteiger partial charge in [-0.1, -0.05) is 30.8 Å². The molecule has 1 aliphatic heterocycles. The Kier molecular flexibility index (Phi) is 6.23. The Balaban J connectivity index is 1.21. The van der Waals surface area contributed by atoms with Gasteiger partial charge in [-0.3, -0.25) is 14.7 Å². The molecule has 1 atom stereocenters. The number of rotatable bonds is 7. The van der Waals surface area contributed by atoms with Crippen molar-refractivity contribution in [1.82, 2.24) is 30.8 Å². The van der Waals surface area contributed by atoms with E-state index in [4.69, 9.17) is 4.42 Å². The first kappa shape index (κ1) is 24.3. The molecular weight excluding hydrogens is 501 g/mol. The molecule has 1 fully saturated rings. The molecule has 10 nitrogen and oxygen atoms in total. The lowest BCUT2D eigenvalue weighted by atomic mass is 10.0. The highest BCUT2D eigenvalue weighted by molar-refractivity contribution is 6.01. The third kappa shape index (κ3) is 4.70. The molecule has 0 aliphatic carbocycles. The standard InChI is InChI=1S/C28H24FN7O3/c1-2-23(37)32-18-10-12-36(15-18)26-24-19(9-11-30-25(24)34-35-26)16-7-8-17(20(29)13-16)14-31-27(38)28-33-21-5-3-4-6-22(21)39-28/h2-9,11,13,18H,1,10,12,14-15H2,(H,31,38)(H,32,37)(H,30,34,35)/t18-/m1/s1. The van der Waals surface area contributed by atoms with Crippen molar-refractivity contribution in [3.05, 3.63) is 84.7 Å². The molecule has 11 heteroatoms. The van der Waals surface area contributed by atoms with E-state index in [1.165, 1.54) is 12.1 Å². The minimum atomic E-state index is -0.526. The summed E-state index contributed by atoms with van der Waals surface area (Å²) in [5.74, 6) is -0.584. The lowest BCUT2D eigenvalue weighted by Crippen LogP contribution is -2.36.